The Hall–Kier alpha value is -2.36. The molecule has 1 N–H and O–H groups in total. The zero-order valence-electron chi connectivity index (χ0n) is 11.8. The van der Waals surface area contributed by atoms with Gasteiger partial charge in [0.2, 0.25) is 0 Å². The van der Waals surface area contributed by atoms with Crippen LogP contribution in [0.5, 0.6) is 0 Å². The van der Waals surface area contributed by atoms with Gasteiger partial charge in [-0.05, 0) is 42.0 Å². The Kier molecular flexibility index (Phi) is 4.33. The van der Waals surface area contributed by atoms with Crippen molar-refractivity contribution in [3.8, 4) is 22.4 Å². The molecule has 0 saturated carbocycles. The Labute approximate surface area is 143 Å². The van der Waals surface area contributed by atoms with Crippen LogP contribution in [0.2, 0.25) is 10.0 Å². The number of aromatic carboxylic acids is 1. The van der Waals surface area contributed by atoms with Gasteiger partial charge < -0.3 is 5.11 Å². The standard InChI is InChI=1S/C18H11Cl2NO2/c19-13-5-1-11(2-6-13)15-9-10-16(18(22)23)21-17(15)12-3-7-14(20)8-4-12/h1-10H,(H,22,23). The first-order valence-corrected chi connectivity index (χ1v) is 7.56. The number of hydrogen-bond acceptors (Lipinski definition) is 2. The first-order valence-electron chi connectivity index (χ1n) is 6.81. The van der Waals surface area contributed by atoms with Gasteiger partial charge in [0.05, 0.1) is 5.69 Å². The lowest BCUT2D eigenvalue weighted by atomic mass is 9.99. The van der Waals surface area contributed by atoms with Crippen molar-refractivity contribution in [1.82, 2.24) is 4.98 Å². The monoisotopic (exact) mass is 343 g/mol. The zero-order chi connectivity index (χ0) is 16.4. The summed E-state index contributed by atoms with van der Waals surface area (Å²) in [6.45, 7) is 0. The van der Waals surface area contributed by atoms with Crippen LogP contribution in [0.1, 0.15) is 10.5 Å². The van der Waals surface area contributed by atoms with Crippen molar-refractivity contribution in [3.05, 3.63) is 76.4 Å². The second-order valence-corrected chi connectivity index (χ2v) is 5.78. The Morgan fingerprint density at radius 3 is 1.83 bits per heavy atom. The van der Waals surface area contributed by atoms with Crippen molar-refractivity contribution in [3.63, 3.8) is 0 Å². The molecule has 0 atom stereocenters. The van der Waals surface area contributed by atoms with Crippen LogP contribution in [0.25, 0.3) is 22.4 Å². The molecule has 3 rings (SSSR count). The summed E-state index contributed by atoms with van der Waals surface area (Å²) in [5.74, 6) is -1.07. The van der Waals surface area contributed by atoms with E-state index in [9.17, 15) is 9.90 Å². The van der Waals surface area contributed by atoms with Gasteiger partial charge in [-0.15, -0.1) is 0 Å². The molecule has 0 aliphatic carbocycles. The molecule has 0 radical (unpaired) electrons. The van der Waals surface area contributed by atoms with E-state index in [-0.39, 0.29) is 5.69 Å². The minimum absolute atomic E-state index is 0.00679. The fourth-order valence-electron chi connectivity index (χ4n) is 2.27. The molecule has 114 valence electrons. The Morgan fingerprint density at radius 2 is 1.30 bits per heavy atom. The van der Waals surface area contributed by atoms with E-state index in [4.69, 9.17) is 23.2 Å². The number of halogens is 2. The molecule has 0 fully saturated rings. The van der Waals surface area contributed by atoms with E-state index >= 15 is 0 Å². The molecule has 0 aliphatic heterocycles. The van der Waals surface area contributed by atoms with Crippen molar-refractivity contribution in [2.45, 2.75) is 0 Å². The number of carbonyl (C=O) groups is 1. The molecule has 2 aromatic carbocycles. The fraction of sp³-hybridized carbons (Fsp3) is 0. The Bertz CT molecular complexity index is 859. The summed E-state index contributed by atoms with van der Waals surface area (Å²) >= 11 is 11.9. The number of benzene rings is 2. The van der Waals surface area contributed by atoms with E-state index in [0.717, 1.165) is 16.7 Å². The molecule has 0 aliphatic rings. The average molecular weight is 344 g/mol. The molecular formula is C18H11Cl2NO2. The SMILES string of the molecule is O=C(O)c1ccc(-c2ccc(Cl)cc2)c(-c2ccc(Cl)cc2)n1. The largest absolute Gasteiger partial charge is 0.477 e. The third kappa shape index (κ3) is 3.36. The minimum Gasteiger partial charge on any atom is -0.477 e. The topological polar surface area (TPSA) is 50.2 Å². The summed E-state index contributed by atoms with van der Waals surface area (Å²) < 4.78 is 0. The lowest BCUT2D eigenvalue weighted by Crippen LogP contribution is -2.02. The number of rotatable bonds is 3. The van der Waals surface area contributed by atoms with Crippen LogP contribution >= 0.6 is 23.2 Å². The van der Waals surface area contributed by atoms with E-state index in [0.29, 0.717) is 15.7 Å². The number of nitrogens with zero attached hydrogens (tertiary/aromatic N) is 1. The van der Waals surface area contributed by atoms with Gasteiger partial charge in [-0.3, -0.25) is 0 Å². The predicted octanol–water partition coefficient (Wildman–Crippen LogP) is 5.42. The first-order chi connectivity index (χ1) is 11.0. The summed E-state index contributed by atoms with van der Waals surface area (Å²) in [4.78, 5) is 15.5. The van der Waals surface area contributed by atoms with Gasteiger partial charge >= 0.3 is 5.97 Å². The molecular weight excluding hydrogens is 333 g/mol. The maximum atomic E-state index is 11.2. The maximum absolute atomic E-state index is 11.2. The molecule has 3 nitrogen and oxygen atoms in total. The second kappa shape index (κ2) is 6.41. The summed E-state index contributed by atoms with van der Waals surface area (Å²) in [6.07, 6.45) is 0. The Morgan fingerprint density at radius 1 is 0.783 bits per heavy atom. The van der Waals surface area contributed by atoms with Gasteiger partial charge in [0, 0.05) is 21.2 Å². The van der Waals surface area contributed by atoms with E-state index in [1.165, 1.54) is 6.07 Å². The quantitative estimate of drug-likeness (QED) is 0.690. The van der Waals surface area contributed by atoms with Crippen molar-refractivity contribution in [1.29, 1.82) is 0 Å². The normalized spacial score (nSPS) is 10.5. The minimum atomic E-state index is -1.07. The summed E-state index contributed by atoms with van der Waals surface area (Å²) in [5.41, 5.74) is 3.11. The van der Waals surface area contributed by atoms with Gasteiger partial charge in [0.25, 0.3) is 0 Å². The molecule has 0 amide bonds. The second-order valence-electron chi connectivity index (χ2n) is 4.91. The highest BCUT2D eigenvalue weighted by molar-refractivity contribution is 6.31. The highest BCUT2D eigenvalue weighted by atomic mass is 35.5. The third-order valence-electron chi connectivity index (χ3n) is 3.39. The molecule has 1 heterocycles. The number of carboxylic acid groups (broad SMARTS) is 1. The number of carboxylic acids is 1. The third-order valence-corrected chi connectivity index (χ3v) is 3.89. The molecule has 5 heteroatoms. The molecule has 3 aromatic rings. The lowest BCUT2D eigenvalue weighted by molar-refractivity contribution is 0.0690. The van der Waals surface area contributed by atoms with Crippen LogP contribution in [0.15, 0.2) is 60.7 Å². The van der Waals surface area contributed by atoms with E-state index in [1.807, 2.05) is 24.3 Å². The smallest absolute Gasteiger partial charge is 0.354 e. The average Bonchev–Trinajstić information content (AvgIpc) is 2.56. The van der Waals surface area contributed by atoms with Crippen LogP contribution in [0.3, 0.4) is 0 Å². The zero-order valence-corrected chi connectivity index (χ0v) is 13.3. The molecule has 0 spiro atoms. The van der Waals surface area contributed by atoms with Crippen molar-refractivity contribution >= 4 is 29.2 Å². The summed E-state index contributed by atoms with van der Waals surface area (Å²) in [7, 11) is 0. The van der Waals surface area contributed by atoms with Crippen LogP contribution in [0, 0.1) is 0 Å². The highest BCUT2D eigenvalue weighted by Gasteiger charge is 2.13. The molecule has 0 unspecified atom stereocenters. The van der Waals surface area contributed by atoms with Crippen molar-refractivity contribution < 1.29 is 9.90 Å². The number of hydrogen-bond donors (Lipinski definition) is 1. The van der Waals surface area contributed by atoms with E-state index in [1.54, 1.807) is 30.3 Å². The van der Waals surface area contributed by atoms with Crippen LogP contribution in [-0.4, -0.2) is 16.1 Å². The van der Waals surface area contributed by atoms with Gasteiger partial charge in [0.15, 0.2) is 0 Å². The van der Waals surface area contributed by atoms with Crippen LogP contribution in [-0.2, 0) is 0 Å². The summed E-state index contributed by atoms with van der Waals surface area (Å²) in [6, 6.07) is 17.7. The lowest BCUT2D eigenvalue weighted by Gasteiger charge is -2.11. The maximum Gasteiger partial charge on any atom is 0.354 e. The number of aromatic nitrogens is 1. The molecule has 0 saturated heterocycles. The van der Waals surface area contributed by atoms with Crippen LogP contribution < -0.4 is 0 Å². The van der Waals surface area contributed by atoms with E-state index in [2.05, 4.69) is 4.98 Å². The van der Waals surface area contributed by atoms with Gasteiger partial charge in [-0.2, -0.15) is 0 Å². The van der Waals surface area contributed by atoms with Gasteiger partial charge in [-0.1, -0.05) is 47.5 Å². The molecule has 23 heavy (non-hydrogen) atoms. The fourth-order valence-corrected chi connectivity index (χ4v) is 2.52. The number of pyridine rings is 1. The van der Waals surface area contributed by atoms with Crippen molar-refractivity contribution in [2.24, 2.45) is 0 Å². The highest BCUT2D eigenvalue weighted by Crippen LogP contribution is 2.32. The van der Waals surface area contributed by atoms with Gasteiger partial charge in [-0.25, -0.2) is 9.78 Å². The first kappa shape index (κ1) is 15.5. The molecule has 0 bridgehead atoms. The van der Waals surface area contributed by atoms with Crippen LogP contribution in [0.4, 0.5) is 0 Å². The predicted molar refractivity (Wildman–Crippen MR) is 92.1 cm³/mol. The Balaban J connectivity index is 2.20. The molecule has 1 aromatic heterocycles. The summed E-state index contributed by atoms with van der Waals surface area (Å²) in [5, 5.41) is 10.4. The van der Waals surface area contributed by atoms with Gasteiger partial charge in [0.1, 0.15) is 5.69 Å². The van der Waals surface area contributed by atoms with E-state index < -0.39 is 5.97 Å². The van der Waals surface area contributed by atoms with Crippen molar-refractivity contribution in [2.75, 3.05) is 0 Å².